The molecule has 0 unspecified atom stereocenters. The van der Waals surface area contributed by atoms with E-state index < -0.39 is 89.8 Å². The number of carbonyl (C=O) groups excluding carboxylic acids is 4. The second-order valence-electron chi connectivity index (χ2n) is 33.4. The van der Waals surface area contributed by atoms with E-state index in [0.29, 0.717) is 45.6 Å². The molecule has 0 radical (unpaired) electrons. The van der Waals surface area contributed by atoms with Gasteiger partial charge in [0.2, 0.25) is 0 Å². The molecule has 0 fully saturated rings. The Labute approximate surface area is 654 Å². The van der Waals surface area contributed by atoms with Gasteiger partial charge in [-0.1, -0.05) is 224 Å². The maximum Gasteiger partial charge on any atom is 0.175 e. The number of nitrogens with zero attached hydrogens (tertiary/aromatic N) is 4. The van der Waals surface area contributed by atoms with Gasteiger partial charge < -0.3 is 103 Å². The number of nitrogens with one attached hydrogen (secondary N) is 4. The van der Waals surface area contributed by atoms with Crippen LogP contribution in [0, 0.1) is 0 Å². The van der Waals surface area contributed by atoms with Gasteiger partial charge in [-0.15, -0.1) is 0 Å². The number of allylic oxidation sites excluding steroid dienone is 16. The largest absolute Gasteiger partial charge is 1.00 e. The minimum atomic E-state index is -1.80. The number of benzene rings is 4. The summed E-state index contributed by atoms with van der Waals surface area (Å²) in [5.41, 5.74) is 10.4. The van der Waals surface area contributed by atoms with Crippen molar-refractivity contribution in [3.8, 4) is 0 Å². The Morgan fingerprint density at radius 1 is 0.301 bits per heavy atom. The van der Waals surface area contributed by atoms with Gasteiger partial charge in [0.05, 0.1) is 23.9 Å². The van der Waals surface area contributed by atoms with Crippen molar-refractivity contribution in [1.82, 2.24) is 19.9 Å². The fraction of sp³-hybridized carbons (Fsp3) is 0.368. The second kappa shape index (κ2) is 38.3. The first-order valence-electron chi connectivity index (χ1n) is 34.3. The molecule has 4 aromatic carbocycles. The molecule has 27 heteroatoms. The van der Waals surface area contributed by atoms with E-state index in [-0.39, 0.29) is 73.3 Å². The quantitative estimate of drug-likeness (QED) is 0.0379. The maximum atomic E-state index is 12.0. The Kier molecular flexibility index (Phi) is 34.6. The van der Waals surface area contributed by atoms with Crippen LogP contribution in [0.25, 0.3) is 22.3 Å². The van der Waals surface area contributed by atoms with Crippen molar-refractivity contribution in [2.45, 2.75) is 183 Å². The zero-order valence-corrected chi connectivity index (χ0v) is 77.0. The van der Waals surface area contributed by atoms with E-state index in [0.717, 1.165) is 70.2 Å². The molecule has 4 N–H and O–H groups in total. The van der Waals surface area contributed by atoms with Gasteiger partial charge in [-0.3, -0.25) is 0 Å². The fourth-order valence-electron chi connectivity index (χ4n) is 10.9. The molecule has 0 spiro atoms. The summed E-state index contributed by atoms with van der Waals surface area (Å²) in [5, 5.41) is 48.1. The van der Waals surface area contributed by atoms with Crippen LogP contribution in [0.2, 0.25) is 157 Å². The summed E-state index contributed by atoms with van der Waals surface area (Å²) in [6, 6.07) is 22.4. The summed E-state index contributed by atoms with van der Waals surface area (Å²) in [7, 11) is -14.0. The molecule has 0 amide bonds. The van der Waals surface area contributed by atoms with E-state index in [4.69, 9.17) is 18.6 Å². The third-order valence-electron chi connectivity index (χ3n) is 14.3. The van der Waals surface area contributed by atoms with Crippen molar-refractivity contribution in [2.24, 2.45) is 18.6 Å². The zero-order valence-electron chi connectivity index (χ0n) is 65.0. The minimum absolute atomic E-state index is 0. The molecule has 0 bridgehead atoms. The average Bonchev–Trinajstić information content (AvgIpc) is 1.80. The minimum Gasteiger partial charge on any atom is -1.00 e. The normalized spacial score (nSPS) is 14.8. The number of amidine groups is 4. The van der Waals surface area contributed by atoms with Gasteiger partial charge >= 0.3 is 0 Å². The smallest absolute Gasteiger partial charge is 0.175 e. The van der Waals surface area contributed by atoms with E-state index in [1.807, 2.05) is 146 Å². The van der Waals surface area contributed by atoms with Crippen LogP contribution in [0.4, 0.5) is 0 Å². The fourth-order valence-corrected chi connectivity index (χ4v) is 18.4. The Bertz CT molecular complexity index is 3610. The average molecular weight is 1650 g/mol. The van der Waals surface area contributed by atoms with Gasteiger partial charge in [-0.05, 0) is 149 Å². The molecule has 0 saturated heterocycles. The monoisotopic (exact) mass is 1640 g/mol. The van der Waals surface area contributed by atoms with Crippen molar-refractivity contribution < 1.29 is 90.6 Å². The number of carboxylic acids is 4. The summed E-state index contributed by atoms with van der Waals surface area (Å²) in [4.78, 5) is 62.2. The molecular weight excluding hydrogens is 1540 g/mol. The molecule has 556 valence electrons. The summed E-state index contributed by atoms with van der Waals surface area (Å²) in [6.45, 7) is 51.9. The summed E-state index contributed by atoms with van der Waals surface area (Å²) in [6.07, 6.45) is 26.8. The Morgan fingerprint density at radius 2 is 0.466 bits per heavy atom. The van der Waals surface area contributed by atoms with Crippen molar-refractivity contribution in [1.29, 1.82) is 0 Å². The molecule has 4 aliphatic carbocycles. The number of carbonyl (C=O) groups is 4. The van der Waals surface area contributed by atoms with Crippen LogP contribution in [0.3, 0.4) is 0 Å². The van der Waals surface area contributed by atoms with Crippen LogP contribution in [0.15, 0.2) is 164 Å². The molecule has 0 saturated carbocycles. The van der Waals surface area contributed by atoms with Crippen molar-refractivity contribution in [3.05, 3.63) is 212 Å². The van der Waals surface area contributed by atoms with Crippen LogP contribution < -0.4 is 65.2 Å². The predicted molar refractivity (Wildman–Crippen MR) is 435 cm³/mol. The molecule has 4 aliphatic rings. The van der Waals surface area contributed by atoms with E-state index >= 15 is 0 Å². The first-order valence-corrected chi connectivity index (χ1v) is 62.1. The van der Waals surface area contributed by atoms with Gasteiger partial charge in [0.1, 0.15) is 56.3 Å². The standard InChI is InChI=1S/4C19H28N2O2Si2.2ClH.Zr/c4*1-24(2,3)20-18(21-25(4,5)6)16-13-9-12-15(17(16)19(22)23)14-10-7-8-11-14;;;/h4*7-10,12-13H,11H2,1-6H3,(H,20,21)(H,22,23);2*1H;/p-6. The topological polar surface area (TPSA) is 258 Å². The van der Waals surface area contributed by atoms with E-state index in [2.05, 4.69) is 177 Å². The molecule has 0 heterocycles. The van der Waals surface area contributed by atoms with E-state index in [1.54, 1.807) is 0 Å². The number of hydrogen-bond acceptors (Lipinski definition) is 12. The number of rotatable bonds is 20. The first kappa shape index (κ1) is 92.8. The molecule has 4 aromatic rings. The van der Waals surface area contributed by atoms with Crippen LogP contribution >= 0.6 is 0 Å². The number of aromatic carboxylic acids is 4. The maximum absolute atomic E-state index is 12.0. The number of carboxylic acid groups (broad SMARTS) is 4. The SMILES string of the molecule is C[Si](C)(C)N=C(N[Si](C)(C)C)c1cccc(C2=CC=CC2)c1C(=O)[O-].C[Si](C)(C)N=C(N[Si](C)(C)C)c1cccc(C2=CC=CC2)c1C(=O)[O-].C[Si](C)(C)N=C(N[Si](C)(C)C)c1cccc(C2=CC=CC2)c1C(=O)[O-].C[Si](C)(C)N=C(N[Si](C)(C)C)c1cccc(C2=CC=CC2)c1C(=O)[O-].[Cl-].[Cl-].[Zr]. The van der Waals surface area contributed by atoms with E-state index in [1.165, 1.54) is 0 Å². The molecule has 0 aliphatic heterocycles. The van der Waals surface area contributed by atoms with Crippen molar-refractivity contribution >= 4 is 135 Å². The Morgan fingerprint density at radius 3 is 0.583 bits per heavy atom. The van der Waals surface area contributed by atoms with Crippen molar-refractivity contribution in [2.75, 3.05) is 0 Å². The van der Waals surface area contributed by atoms with Gasteiger partial charge in [0.25, 0.3) is 0 Å². The van der Waals surface area contributed by atoms with Crippen LogP contribution in [-0.4, -0.2) is 113 Å². The molecule has 0 aromatic heterocycles. The molecule has 16 nitrogen and oxygen atoms in total. The van der Waals surface area contributed by atoms with Gasteiger partial charge in [0, 0.05) is 70.7 Å². The predicted octanol–water partition coefficient (Wildman–Crippen LogP) is 7.60. The molecule has 0 atom stereocenters. The number of halogens is 2. The van der Waals surface area contributed by atoms with Crippen LogP contribution in [-0.2, 0) is 26.2 Å². The summed E-state index contributed by atoms with van der Waals surface area (Å²) >= 11 is 0. The van der Waals surface area contributed by atoms with Gasteiger partial charge in [-0.25, -0.2) is 0 Å². The molecular formula is C76H108Cl2N8O8Si8Zr-6. The van der Waals surface area contributed by atoms with E-state index in [9.17, 15) is 39.6 Å². The Balaban J connectivity index is 0.000000462. The van der Waals surface area contributed by atoms with Crippen LogP contribution in [0.5, 0.6) is 0 Å². The summed E-state index contributed by atoms with van der Waals surface area (Å²) < 4.78 is 19.7. The molecule has 8 rings (SSSR count). The third kappa shape index (κ3) is 30.6. The zero-order chi connectivity index (χ0) is 75.3. The number of hydrogen-bond donors (Lipinski definition) is 4. The summed E-state index contributed by atoms with van der Waals surface area (Å²) in [5.74, 6) is -1.81. The molecule has 103 heavy (non-hydrogen) atoms. The van der Waals surface area contributed by atoms with Crippen LogP contribution in [0.1, 0.15) is 112 Å². The third-order valence-corrected chi connectivity index (χ3v) is 21.9. The Hall–Kier alpha value is -6.24. The van der Waals surface area contributed by atoms with Crippen molar-refractivity contribution in [3.63, 3.8) is 0 Å². The van der Waals surface area contributed by atoms with Gasteiger partial charge in [-0.2, -0.15) is 0 Å². The first-order chi connectivity index (χ1) is 45.9. The second-order valence-corrected chi connectivity index (χ2v) is 70.6. The van der Waals surface area contributed by atoms with Gasteiger partial charge in [0.15, 0.2) is 32.9 Å².